The minimum atomic E-state index is -0.608. The molecule has 0 saturated heterocycles. The summed E-state index contributed by atoms with van der Waals surface area (Å²) < 4.78 is 11.3. The zero-order valence-corrected chi connectivity index (χ0v) is 16.1. The third-order valence-corrected chi connectivity index (χ3v) is 5.35. The van der Waals surface area contributed by atoms with E-state index in [4.69, 9.17) is 26.4 Å². The molecule has 0 saturated carbocycles. The first-order valence-corrected chi connectivity index (χ1v) is 9.23. The van der Waals surface area contributed by atoms with E-state index in [0.29, 0.717) is 17.0 Å². The molecule has 132 valence electrons. The van der Waals surface area contributed by atoms with E-state index in [9.17, 15) is 5.26 Å². The lowest BCUT2D eigenvalue weighted by molar-refractivity contribution is 0.384. The van der Waals surface area contributed by atoms with Crippen molar-refractivity contribution in [3.05, 3.63) is 67.7 Å². The average molecular weight is 431 g/mol. The Bertz CT molecular complexity index is 974. The number of nitrogens with one attached hydrogen (secondary N) is 1. The highest BCUT2D eigenvalue weighted by molar-refractivity contribution is 9.10. The van der Waals surface area contributed by atoms with Gasteiger partial charge in [-0.1, -0.05) is 6.07 Å². The molecular formula is C18H15BrN4O2S. The normalized spacial score (nSPS) is 19.0. The van der Waals surface area contributed by atoms with Crippen LogP contribution in [0.1, 0.15) is 17.0 Å². The Morgan fingerprint density at radius 2 is 2.19 bits per heavy atom. The van der Waals surface area contributed by atoms with E-state index >= 15 is 0 Å². The minimum absolute atomic E-state index is 0.0868. The molecule has 8 heteroatoms. The number of hydrogen-bond acceptors (Lipinski definition) is 7. The highest BCUT2D eigenvalue weighted by Crippen LogP contribution is 2.42. The van der Waals surface area contributed by atoms with Gasteiger partial charge in [-0.3, -0.25) is 5.41 Å². The van der Waals surface area contributed by atoms with Gasteiger partial charge in [-0.05, 0) is 45.1 Å². The number of nitriles is 1. The number of rotatable bonds is 3. The molecule has 0 aliphatic carbocycles. The standard InChI is InChI=1S/C18H15BrN4O2S/c1-24-13-3-2-9(6-12(13)19)14-11(7-20)17(22)25-18(23)15(14)16(21)10-4-5-26-8-10/h2-6,8,14,23H,21-22H2,1H3/b16-15-,23-18?. The first kappa shape index (κ1) is 18.0. The van der Waals surface area contributed by atoms with Crippen LogP contribution in [-0.4, -0.2) is 13.0 Å². The topological polar surface area (TPSA) is 118 Å². The molecule has 0 bridgehead atoms. The third-order valence-electron chi connectivity index (χ3n) is 4.05. The smallest absolute Gasteiger partial charge is 0.220 e. The van der Waals surface area contributed by atoms with Crippen molar-refractivity contribution < 1.29 is 9.47 Å². The van der Waals surface area contributed by atoms with E-state index in [2.05, 4.69) is 22.0 Å². The zero-order valence-electron chi connectivity index (χ0n) is 13.7. The summed E-state index contributed by atoms with van der Waals surface area (Å²) in [5.41, 5.74) is 14.8. The highest BCUT2D eigenvalue weighted by atomic mass is 79.9. The van der Waals surface area contributed by atoms with Crippen LogP contribution in [0.15, 0.2) is 56.5 Å². The quantitative estimate of drug-likeness (QED) is 0.685. The molecule has 0 radical (unpaired) electrons. The Hall–Kier alpha value is -2.76. The lowest BCUT2D eigenvalue weighted by Crippen LogP contribution is -2.28. The van der Waals surface area contributed by atoms with E-state index in [-0.39, 0.29) is 17.4 Å². The zero-order chi connectivity index (χ0) is 18.8. The van der Waals surface area contributed by atoms with E-state index in [0.717, 1.165) is 15.6 Å². The van der Waals surface area contributed by atoms with E-state index < -0.39 is 5.92 Å². The molecule has 0 spiro atoms. The van der Waals surface area contributed by atoms with Crippen LogP contribution in [0.2, 0.25) is 0 Å². The Morgan fingerprint density at radius 1 is 1.42 bits per heavy atom. The van der Waals surface area contributed by atoms with Crippen molar-refractivity contribution >= 4 is 38.9 Å². The van der Waals surface area contributed by atoms with Crippen molar-refractivity contribution in [2.24, 2.45) is 11.5 Å². The van der Waals surface area contributed by atoms with Crippen LogP contribution in [0.25, 0.3) is 5.70 Å². The molecule has 2 heterocycles. The highest BCUT2D eigenvalue weighted by Gasteiger charge is 2.35. The summed E-state index contributed by atoms with van der Waals surface area (Å²) in [5.74, 6) is -0.204. The molecule has 26 heavy (non-hydrogen) atoms. The van der Waals surface area contributed by atoms with Gasteiger partial charge in [0, 0.05) is 16.6 Å². The van der Waals surface area contributed by atoms with Crippen molar-refractivity contribution in [1.82, 2.24) is 0 Å². The number of ether oxygens (including phenoxy) is 2. The van der Waals surface area contributed by atoms with Crippen molar-refractivity contribution in [3.63, 3.8) is 0 Å². The van der Waals surface area contributed by atoms with Crippen molar-refractivity contribution in [3.8, 4) is 11.8 Å². The van der Waals surface area contributed by atoms with Gasteiger partial charge in [0.05, 0.1) is 23.1 Å². The number of nitrogens with zero attached hydrogens (tertiary/aromatic N) is 1. The van der Waals surface area contributed by atoms with Gasteiger partial charge in [0.2, 0.25) is 11.8 Å². The second-order valence-corrected chi connectivity index (χ2v) is 7.12. The molecule has 2 aromatic rings. The fourth-order valence-corrected chi connectivity index (χ4v) is 4.02. The Kier molecular flexibility index (Phi) is 5.02. The molecule has 5 N–H and O–H groups in total. The van der Waals surface area contributed by atoms with Crippen LogP contribution in [-0.2, 0) is 4.74 Å². The molecule has 1 aromatic carbocycles. The second-order valence-electron chi connectivity index (χ2n) is 5.49. The van der Waals surface area contributed by atoms with Crippen LogP contribution in [0, 0.1) is 16.7 Å². The lowest BCUT2D eigenvalue weighted by Gasteiger charge is -2.28. The first-order valence-electron chi connectivity index (χ1n) is 7.50. The van der Waals surface area contributed by atoms with Crippen molar-refractivity contribution in [2.45, 2.75) is 5.92 Å². The molecule has 3 rings (SSSR count). The number of methoxy groups -OCH3 is 1. The minimum Gasteiger partial charge on any atom is -0.496 e. The van der Waals surface area contributed by atoms with Gasteiger partial charge in [0.15, 0.2) is 0 Å². The maximum Gasteiger partial charge on any atom is 0.220 e. The third kappa shape index (κ3) is 3.07. The lowest BCUT2D eigenvalue weighted by atomic mass is 9.81. The fourth-order valence-electron chi connectivity index (χ4n) is 2.80. The maximum atomic E-state index is 9.64. The summed E-state index contributed by atoms with van der Waals surface area (Å²) in [6.45, 7) is 0. The van der Waals surface area contributed by atoms with Gasteiger partial charge < -0.3 is 20.9 Å². The van der Waals surface area contributed by atoms with Gasteiger partial charge in [0.25, 0.3) is 0 Å². The largest absolute Gasteiger partial charge is 0.496 e. The molecule has 1 aromatic heterocycles. The molecule has 1 atom stereocenters. The number of benzene rings is 1. The molecular weight excluding hydrogens is 416 g/mol. The summed E-state index contributed by atoms with van der Waals surface area (Å²) in [5, 5.41) is 21.7. The van der Waals surface area contributed by atoms with Crippen LogP contribution in [0.5, 0.6) is 5.75 Å². The molecule has 0 fully saturated rings. The number of hydrogen-bond donors (Lipinski definition) is 3. The number of halogens is 1. The molecule has 1 unspecified atom stereocenters. The van der Waals surface area contributed by atoms with Crippen molar-refractivity contribution in [2.75, 3.05) is 7.11 Å². The van der Waals surface area contributed by atoms with Crippen LogP contribution in [0.4, 0.5) is 0 Å². The Balaban J connectivity index is 2.26. The summed E-state index contributed by atoms with van der Waals surface area (Å²) >= 11 is 4.95. The van der Waals surface area contributed by atoms with E-state index in [1.54, 1.807) is 13.2 Å². The molecule has 6 nitrogen and oxygen atoms in total. The maximum absolute atomic E-state index is 9.64. The van der Waals surface area contributed by atoms with Gasteiger partial charge in [-0.25, -0.2) is 0 Å². The SMILES string of the molecule is COc1ccc(C2C(C#N)=C(N)OC(=N)/C2=C(\N)c2ccsc2)cc1Br. The summed E-state index contributed by atoms with van der Waals surface area (Å²) in [6.07, 6.45) is 0. The predicted molar refractivity (Wildman–Crippen MR) is 104 cm³/mol. The number of thiophene rings is 1. The fraction of sp³-hybridized carbons (Fsp3) is 0.111. The monoisotopic (exact) mass is 430 g/mol. The van der Waals surface area contributed by atoms with E-state index in [1.165, 1.54) is 11.3 Å². The van der Waals surface area contributed by atoms with Gasteiger partial charge in [-0.2, -0.15) is 16.6 Å². The molecule has 0 amide bonds. The second kappa shape index (κ2) is 7.23. The van der Waals surface area contributed by atoms with Gasteiger partial charge >= 0.3 is 0 Å². The summed E-state index contributed by atoms with van der Waals surface area (Å²) in [4.78, 5) is 0. The number of allylic oxidation sites excluding steroid dienone is 1. The van der Waals surface area contributed by atoms with Crippen LogP contribution >= 0.6 is 27.3 Å². The van der Waals surface area contributed by atoms with Gasteiger partial charge in [-0.15, -0.1) is 0 Å². The Labute approximate surface area is 163 Å². The average Bonchev–Trinajstić information content (AvgIpc) is 3.15. The predicted octanol–water partition coefficient (Wildman–Crippen LogP) is 3.67. The van der Waals surface area contributed by atoms with Crippen LogP contribution in [0.3, 0.4) is 0 Å². The Morgan fingerprint density at radius 3 is 2.77 bits per heavy atom. The molecule has 1 aliphatic rings. The summed E-state index contributed by atoms with van der Waals surface area (Å²) in [6, 6.07) is 9.38. The van der Waals surface area contributed by atoms with Crippen molar-refractivity contribution in [1.29, 1.82) is 10.7 Å². The summed E-state index contributed by atoms with van der Waals surface area (Å²) in [7, 11) is 1.57. The first-order chi connectivity index (χ1) is 12.5. The van der Waals surface area contributed by atoms with E-state index in [1.807, 2.05) is 29.0 Å². The molecule has 1 aliphatic heterocycles. The van der Waals surface area contributed by atoms with Crippen LogP contribution < -0.4 is 16.2 Å². The number of nitrogens with two attached hydrogens (primary N) is 2. The van der Waals surface area contributed by atoms with Gasteiger partial charge in [0.1, 0.15) is 17.4 Å².